The fourth-order valence-electron chi connectivity index (χ4n) is 5.48. The van der Waals surface area contributed by atoms with Gasteiger partial charge in [-0.1, -0.05) is 13.0 Å². The maximum Gasteiger partial charge on any atom is 0.339 e. The molecule has 170 valence electrons. The van der Waals surface area contributed by atoms with Gasteiger partial charge in [0.1, 0.15) is 34.9 Å². The second-order valence-electron chi connectivity index (χ2n) is 8.55. The average Bonchev–Trinajstić information content (AvgIpc) is 2.70. The van der Waals surface area contributed by atoms with Crippen molar-refractivity contribution in [2.24, 2.45) is 23.5 Å². The van der Waals surface area contributed by atoms with Crippen LogP contribution in [0.2, 0.25) is 0 Å². The third-order valence-electron chi connectivity index (χ3n) is 7.10. The van der Waals surface area contributed by atoms with Crippen LogP contribution < -0.4 is 5.73 Å². The molecule has 3 aliphatic rings. The predicted octanol–water partition coefficient (Wildman–Crippen LogP) is -1.02. The number of amides is 1. The molecular weight excluding hydrogens is 426 g/mol. The van der Waals surface area contributed by atoms with E-state index in [1.54, 1.807) is 6.92 Å². The van der Waals surface area contributed by atoms with Gasteiger partial charge in [0.25, 0.3) is 0 Å². The topological polar surface area (TPSA) is 216 Å². The first-order chi connectivity index (χ1) is 14.8. The number of hydrogen-bond donors (Lipinski definition) is 7. The maximum absolute atomic E-state index is 13.3. The largest absolute Gasteiger partial charge is 0.509 e. The summed E-state index contributed by atoms with van der Waals surface area (Å²) in [5.74, 6) is -11.7. The fourth-order valence-corrected chi connectivity index (χ4v) is 5.48. The molecule has 4 rings (SSSR count). The van der Waals surface area contributed by atoms with Gasteiger partial charge < -0.3 is 36.4 Å². The highest BCUT2D eigenvalue weighted by atomic mass is 16.4. The predicted molar refractivity (Wildman–Crippen MR) is 104 cm³/mol. The summed E-state index contributed by atoms with van der Waals surface area (Å²) in [6.07, 6.45) is -4.43. The number of carbonyl (C=O) groups excluding carboxylic acids is 3. The van der Waals surface area contributed by atoms with Gasteiger partial charge in [0, 0.05) is 23.8 Å². The number of Topliss-reactive ketones (excluding diaryl/α,β-unsaturated/α-hetero) is 2. The number of rotatable bonds is 2. The fraction of sp³-hybridized carbons (Fsp3) is 0.429. The number of primary amides is 1. The summed E-state index contributed by atoms with van der Waals surface area (Å²) in [5, 5.41) is 63.7. The molecule has 32 heavy (non-hydrogen) atoms. The zero-order valence-electron chi connectivity index (χ0n) is 16.7. The molecule has 8 N–H and O–H groups in total. The van der Waals surface area contributed by atoms with Crippen LogP contribution in [0.15, 0.2) is 23.5 Å². The molecule has 0 bridgehead atoms. The number of carbonyl (C=O) groups is 4. The van der Waals surface area contributed by atoms with E-state index < -0.39 is 99.6 Å². The van der Waals surface area contributed by atoms with E-state index in [0.717, 1.165) is 6.07 Å². The monoisotopic (exact) mass is 447 g/mol. The van der Waals surface area contributed by atoms with Gasteiger partial charge in [-0.15, -0.1) is 0 Å². The van der Waals surface area contributed by atoms with Crippen molar-refractivity contribution in [3.05, 3.63) is 40.2 Å². The summed E-state index contributed by atoms with van der Waals surface area (Å²) in [6, 6.07) is 2.41. The van der Waals surface area contributed by atoms with Crippen LogP contribution >= 0.6 is 0 Å². The Hall–Kier alpha value is -3.28. The lowest BCUT2D eigenvalue weighted by molar-refractivity contribution is -0.195. The SMILES string of the molecule is C[C@H]1c2ccc(C(=O)O)c(O)c2C(=O)C2=C(O)[C@]3(O)C(O)C(C(N)=O)C(=O)C[C@@H]3[C@@H](O)[C@@H]21. The molecule has 7 atom stereocenters. The van der Waals surface area contributed by atoms with Gasteiger partial charge in [-0.2, -0.15) is 0 Å². The van der Waals surface area contributed by atoms with Gasteiger partial charge in [0.05, 0.1) is 11.7 Å². The lowest BCUT2D eigenvalue weighted by Gasteiger charge is -2.53. The molecule has 1 aromatic rings. The van der Waals surface area contributed by atoms with E-state index in [0.29, 0.717) is 0 Å². The number of ketones is 2. The Bertz CT molecular complexity index is 1120. The second-order valence-corrected chi connectivity index (χ2v) is 8.55. The van der Waals surface area contributed by atoms with Gasteiger partial charge in [-0.05, 0) is 17.5 Å². The molecule has 0 aliphatic heterocycles. The molecule has 11 nitrogen and oxygen atoms in total. The van der Waals surface area contributed by atoms with E-state index in [1.807, 2.05) is 0 Å². The third-order valence-corrected chi connectivity index (χ3v) is 7.10. The zero-order valence-corrected chi connectivity index (χ0v) is 16.7. The number of aliphatic hydroxyl groups excluding tert-OH is 3. The molecule has 1 fully saturated rings. The molecule has 2 unspecified atom stereocenters. The van der Waals surface area contributed by atoms with E-state index in [4.69, 9.17) is 5.73 Å². The Labute approximate surface area is 180 Å². The van der Waals surface area contributed by atoms with E-state index in [2.05, 4.69) is 0 Å². The number of hydrogen-bond acceptors (Lipinski definition) is 9. The number of fused-ring (bicyclic) bond motifs is 3. The highest BCUT2D eigenvalue weighted by Crippen LogP contribution is 2.55. The molecule has 1 amide bonds. The molecule has 1 saturated carbocycles. The third kappa shape index (κ3) is 2.52. The summed E-state index contributed by atoms with van der Waals surface area (Å²) < 4.78 is 0. The number of aromatic carboxylic acids is 1. The molecule has 11 heteroatoms. The molecule has 0 spiro atoms. The molecule has 0 aromatic heterocycles. The zero-order chi connectivity index (χ0) is 23.9. The summed E-state index contributed by atoms with van der Waals surface area (Å²) in [5.41, 5.74) is 1.12. The first kappa shape index (κ1) is 21.9. The normalized spacial score (nSPS) is 36.2. The summed E-state index contributed by atoms with van der Waals surface area (Å²) in [4.78, 5) is 48.8. The minimum atomic E-state index is -2.74. The standard InChI is InChI=1S/C21H21NO10/c1-5-6-2-3-7(20(30)31)14(24)11(6)16(26)13-10(5)15(25)8-4-9(23)12(19(22)29)17(27)21(8,32)18(13)28/h2-3,5,8,10,12,15,17,24-25,27-28,32H,4H2,1H3,(H2,22,29)(H,30,31)/t5-,8+,10+,12?,15+,17?,21+/m0/s1. The number of aromatic hydroxyl groups is 1. The highest BCUT2D eigenvalue weighted by molar-refractivity contribution is 6.15. The molecule has 0 heterocycles. The van der Waals surface area contributed by atoms with E-state index >= 15 is 0 Å². The Morgan fingerprint density at radius 2 is 1.78 bits per heavy atom. The molecule has 1 aromatic carbocycles. The van der Waals surface area contributed by atoms with Crippen molar-refractivity contribution in [1.82, 2.24) is 0 Å². The first-order valence-corrected chi connectivity index (χ1v) is 9.83. The number of carboxylic acids is 1. The van der Waals surface area contributed by atoms with Crippen LogP contribution in [0, 0.1) is 17.8 Å². The number of benzene rings is 1. The van der Waals surface area contributed by atoms with Crippen molar-refractivity contribution < 1.29 is 49.8 Å². The highest BCUT2D eigenvalue weighted by Gasteiger charge is 2.65. The number of aliphatic hydroxyl groups is 4. The summed E-state index contributed by atoms with van der Waals surface area (Å²) in [6.45, 7) is 1.56. The van der Waals surface area contributed by atoms with Crippen LogP contribution in [-0.4, -0.2) is 71.9 Å². The van der Waals surface area contributed by atoms with Crippen LogP contribution in [0.1, 0.15) is 45.5 Å². The van der Waals surface area contributed by atoms with E-state index in [-0.39, 0.29) is 5.56 Å². The van der Waals surface area contributed by atoms with E-state index in [9.17, 15) is 49.8 Å². The summed E-state index contributed by atoms with van der Waals surface area (Å²) >= 11 is 0. The van der Waals surface area contributed by atoms with Crippen molar-refractivity contribution in [2.45, 2.75) is 37.1 Å². The maximum atomic E-state index is 13.3. The Morgan fingerprint density at radius 1 is 1.16 bits per heavy atom. The van der Waals surface area contributed by atoms with Crippen LogP contribution in [0.25, 0.3) is 0 Å². The van der Waals surface area contributed by atoms with Gasteiger partial charge in [0.15, 0.2) is 11.4 Å². The Kier molecular flexibility index (Phi) is 4.70. The van der Waals surface area contributed by atoms with Crippen LogP contribution in [-0.2, 0) is 9.59 Å². The van der Waals surface area contributed by atoms with Crippen LogP contribution in [0.3, 0.4) is 0 Å². The second kappa shape index (κ2) is 6.86. The lowest BCUT2D eigenvalue weighted by atomic mass is 9.54. The summed E-state index contributed by atoms with van der Waals surface area (Å²) in [7, 11) is 0. The van der Waals surface area contributed by atoms with Crippen molar-refractivity contribution in [2.75, 3.05) is 0 Å². The van der Waals surface area contributed by atoms with Crippen molar-refractivity contribution in [1.29, 1.82) is 0 Å². The minimum absolute atomic E-state index is 0.209. The van der Waals surface area contributed by atoms with E-state index in [1.165, 1.54) is 6.07 Å². The van der Waals surface area contributed by atoms with Crippen molar-refractivity contribution in [3.8, 4) is 5.75 Å². The molecule has 0 saturated heterocycles. The van der Waals surface area contributed by atoms with Gasteiger partial charge in [-0.25, -0.2) is 4.79 Å². The quantitative estimate of drug-likeness (QED) is 0.274. The smallest absolute Gasteiger partial charge is 0.339 e. The minimum Gasteiger partial charge on any atom is -0.509 e. The molecule has 3 aliphatic carbocycles. The first-order valence-electron chi connectivity index (χ1n) is 9.83. The van der Waals surface area contributed by atoms with Gasteiger partial charge in [-0.3, -0.25) is 14.4 Å². The lowest BCUT2D eigenvalue weighted by Crippen LogP contribution is -2.68. The molecule has 0 radical (unpaired) electrons. The average molecular weight is 447 g/mol. The van der Waals surface area contributed by atoms with Gasteiger partial charge in [0.2, 0.25) is 5.91 Å². The Balaban J connectivity index is 1.98. The van der Waals surface area contributed by atoms with Crippen molar-refractivity contribution in [3.63, 3.8) is 0 Å². The molecular formula is C21H21NO10. The Morgan fingerprint density at radius 3 is 2.34 bits per heavy atom. The number of nitrogens with two attached hydrogens (primary N) is 1. The van der Waals surface area contributed by atoms with Crippen LogP contribution in [0.4, 0.5) is 0 Å². The van der Waals surface area contributed by atoms with Crippen molar-refractivity contribution >= 4 is 23.4 Å². The van der Waals surface area contributed by atoms with Crippen LogP contribution in [0.5, 0.6) is 5.75 Å². The number of carboxylic acid groups (broad SMARTS) is 1. The number of phenols is 1. The van der Waals surface area contributed by atoms with Gasteiger partial charge >= 0.3 is 5.97 Å².